The molecule has 0 radical (unpaired) electrons. The van der Waals surface area contributed by atoms with Crippen LogP contribution < -0.4 is 10.6 Å². The molecule has 1 unspecified atom stereocenters. The largest absolute Gasteiger partial charge is 0.444 e. The fourth-order valence-electron chi connectivity index (χ4n) is 2.27. The van der Waals surface area contributed by atoms with Crippen LogP contribution in [0.5, 0.6) is 0 Å². The molecule has 6 nitrogen and oxygen atoms in total. The van der Waals surface area contributed by atoms with Crippen LogP contribution in [0.3, 0.4) is 0 Å². The van der Waals surface area contributed by atoms with E-state index in [1.165, 1.54) is 0 Å². The first-order valence-electron chi connectivity index (χ1n) is 7.83. The zero-order valence-electron chi connectivity index (χ0n) is 13.8. The maximum Gasteiger partial charge on any atom is 0.412 e. The van der Waals surface area contributed by atoms with Gasteiger partial charge in [0.25, 0.3) is 5.91 Å². The minimum atomic E-state index is -0.569. The summed E-state index contributed by atoms with van der Waals surface area (Å²) in [5.74, 6) is -0.187. The molecule has 1 atom stereocenters. The molecule has 1 aliphatic rings. The number of benzene rings is 1. The molecule has 1 fully saturated rings. The zero-order valence-corrected chi connectivity index (χ0v) is 13.8. The third-order valence-electron chi connectivity index (χ3n) is 3.28. The van der Waals surface area contributed by atoms with E-state index in [-0.39, 0.29) is 12.0 Å². The van der Waals surface area contributed by atoms with E-state index < -0.39 is 11.7 Å². The summed E-state index contributed by atoms with van der Waals surface area (Å²) in [6.07, 6.45) is 1.56. The normalized spacial score (nSPS) is 17.6. The summed E-state index contributed by atoms with van der Waals surface area (Å²) >= 11 is 0. The summed E-state index contributed by atoms with van der Waals surface area (Å²) in [4.78, 5) is 23.9. The zero-order chi connectivity index (χ0) is 16.9. The molecule has 0 aromatic heterocycles. The second kappa shape index (κ2) is 7.46. The van der Waals surface area contributed by atoms with E-state index in [9.17, 15) is 9.59 Å². The number of nitrogens with one attached hydrogen (secondary N) is 2. The number of carbonyl (C=O) groups is 2. The quantitative estimate of drug-likeness (QED) is 0.894. The predicted octanol–water partition coefficient (Wildman–Crippen LogP) is 2.94. The van der Waals surface area contributed by atoms with Gasteiger partial charge in [0.05, 0.1) is 6.10 Å². The second-order valence-electron chi connectivity index (χ2n) is 6.55. The Morgan fingerprint density at radius 2 is 2.13 bits per heavy atom. The van der Waals surface area contributed by atoms with Gasteiger partial charge in [-0.15, -0.1) is 0 Å². The molecule has 23 heavy (non-hydrogen) atoms. The van der Waals surface area contributed by atoms with E-state index in [1.807, 2.05) is 0 Å². The fourth-order valence-corrected chi connectivity index (χ4v) is 2.27. The molecule has 1 aromatic carbocycles. The summed E-state index contributed by atoms with van der Waals surface area (Å²) in [6, 6.07) is 6.74. The maximum absolute atomic E-state index is 12.2. The highest BCUT2D eigenvalue weighted by molar-refractivity contribution is 5.96. The summed E-state index contributed by atoms with van der Waals surface area (Å²) in [5, 5.41) is 5.48. The number of hydrogen-bond acceptors (Lipinski definition) is 4. The second-order valence-corrected chi connectivity index (χ2v) is 6.55. The van der Waals surface area contributed by atoms with Gasteiger partial charge >= 0.3 is 6.09 Å². The van der Waals surface area contributed by atoms with Gasteiger partial charge in [0.2, 0.25) is 0 Å². The van der Waals surface area contributed by atoms with Crippen molar-refractivity contribution >= 4 is 17.7 Å². The minimum Gasteiger partial charge on any atom is -0.444 e. The first kappa shape index (κ1) is 17.3. The number of anilines is 1. The molecular formula is C17H24N2O4. The van der Waals surface area contributed by atoms with Crippen LogP contribution in [-0.4, -0.2) is 36.9 Å². The summed E-state index contributed by atoms with van der Waals surface area (Å²) in [5.41, 5.74) is 0.431. The molecule has 1 saturated heterocycles. The van der Waals surface area contributed by atoms with E-state index in [1.54, 1.807) is 45.0 Å². The highest BCUT2D eigenvalue weighted by Crippen LogP contribution is 2.14. The topological polar surface area (TPSA) is 76.7 Å². The predicted molar refractivity (Wildman–Crippen MR) is 87.6 cm³/mol. The lowest BCUT2D eigenvalue weighted by molar-refractivity contribution is 0.0635. The van der Waals surface area contributed by atoms with Crippen LogP contribution in [0, 0.1) is 0 Å². The maximum atomic E-state index is 12.2. The molecule has 1 aliphatic heterocycles. The number of amides is 2. The van der Waals surface area contributed by atoms with Gasteiger partial charge in [0.15, 0.2) is 0 Å². The van der Waals surface area contributed by atoms with Crippen molar-refractivity contribution in [2.45, 2.75) is 45.3 Å². The van der Waals surface area contributed by atoms with Crippen molar-refractivity contribution in [2.24, 2.45) is 0 Å². The molecule has 0 bridgehead atoms. The molecule has 2 amide bonds. The first-order valence-corrected chi connectivity index (χ1v) is 7.83. The Morgan fingerprint density at radius 1 is 1.35 bits per heavy atom. The molecule has 0 saturated carbocycles. The molecule has 0 spiro atoms. The SMILES string of the molecule is CC(C)(C)OC(=O)Nc1cccc(C(=O)NCC2CCCO2)c1. The fraction of sp³-hybridized carbons (Fsp3) is 0.529. The van der Waals surface area contributed by atoms with Gasteiger partial charge < -0.3 is 14.8 Å². The van der Waals surface area contributed by atoms with Crippen molar-refractivity contribution in [3.05, 3.63) is 29.8 Å². The lowest BCUT2D eigenvalue weighted by atomic mass is 10.1. The van der Waals surface area contributed by atoms with E-state index in [0.717, 1.165) is 19.4 Å². The van der Waals surface area contributed by atoms with E-state index >= 15 is 0 Å². The summed E-state index contributed by atoms with van der Waals surface area (Å²) in [7, 11) is 0. The van der Waals surface area contributed by atoms with Crippen molar-refractivity contribution in [1.82, 2.24) is 5.32 Å². The Kier molecular flexibility index (Phi) is 5.60. The van der Waals surface area contributed by atoms with E-state index in [2.05, 4.69) is 10.6 Å². The lowest BCUT2D eigenvalue weighted by Crippen LogP contribution is -2.31. The molecular weight excluding hydrogens is 296 g/mol. The van der Waals surface area contributed by atoms with Crippen LogP contribution in [-0.2, 0) is 9.47 Å². The van der Waals surface area contributed by atoms with Gasteiger partial charge in [-0.1, -0.05) is 6.07 Å². The number of carbonyl (C=O) groups excluding carboxylic acids is 2. The Hall–Kier alpha value is -2.08. The van der Waals surface area contributed by atoms with Crippen molar-refractivity contribution in [3.63, 3.8) is 0 Å². The third kappa shape index (κ3) is 5.90. The Morgan fingerprint density at radius 3 is 2.78 bits per heavy atom. The van der Waals surface area contributed by atoms with Gasteiger partial charge in [-0.2, -0.15) is 0 Å². The first-order chi connectivity index (χ1) is 10.8. The Balaban J connectivity index is 1.90. The smallest absolute Gasteiger partial charge is 0.412 e. The van der Waals surface area contributed by atoms with E-state index in [4.69, 9.17) is 9.47 Å². The average molecular weight is 320 g/mol. The van der Waals surface area contributed by atoms with Gasteiger partial charge in [0.1, 0.15) is 5.60 Å². The molecule has 6 heteroatoms. The lowest BCUT2D eigenvalue weighted by Gasteiger charge is -2.19. The standard InChI is InChI=1S/C17H24N2O4/c1-17(2,3)23-16(21)19-13-7-4-6-12(10-13)15(20)18-11-14-8-5-9-22-14/h4,6-7,10,14H,5,8-9,11H2,1-3H3,(H,18,20)(H,19,21). The molecule has 1 heterocycles. The van der Waals surface area contributed by atoms with Crippen LogP contribution >= 0.6 is 0 Å². The van der Waals surface area contributed by atoms with Crippen molar-refractivity contribution < 1.29 is 19.1 Å². The number of ether oxygens (including phenoxy) is 2. The van der Waals surface area contributed by atoms with Crippen molar-refractivity contribution in [2.75, 3.05) is 18.5 Å². The Labute approximate surface area is 136 Å². The molecule has 2 N–H and O–H groups in total. The van der Waals surface area contributed by atoms with Crippen LogP contribution in [0.2, 0.25) is 0 Å². The highest BCUT2D eigenvalue weighted by Gasteiger charge is 2.18. The van der Waals surface area contributed by atoms with Crippen LogP contribution in [0.15, 0.2) is 24.3 Å². The summed E-state index contributed by atoms with van der Waals surface area (Å²) in [6.45, 7) is 6.64. The monoisotopic (exact) mass is 320 g/mol. The highest BCUT2D eigenvalue weighted by atomic mass is 16.6. The van der Waals surface area contributed by atoms with E-state index in [0.29, 0.717) is 17.8 Å². The molecule has 1 aromatic rings. The Bertz CT molecular complexity index is 560. The number of rotatable bonds is 4. The molecule has 126 valence electrons. The van der Waals surface area contributed by atoms with Crippen molar-refractivity contribution in [1.29, 1.82) is 0 Å². The van der Waals surface area contributed by atoms with Crippen molar-refractivity contribution in [3.8, 4) is 0 Å². The summed E-state index contributed by atoms with van der Waals surface area (Å²) < 4.78 is 10.7. The number of hydrogen-bond donors (Lipinski definition) is 2. The van der Waals surface area contributed by atoms with Gasteiger partial charge in [0, 0.05) is 24.4 Å². The van der Waals surface area contributed by atoms with Crippen LogP contribution in [0.4, 0.5) is 10.5 Å². The van der Waals surface area contributed by atoms with Gasteiger partial charge in [-0.05, 0) is 51.8 Å². The van der Waals surface area contributed by atoms with Crippen LogP contribution in [0.25, 0.3) is 0 Å². The van der Waals surface area contributed by atoms with Gasteiger partial charge in [-0.3, -0.25) is 10.1 Å². The molecule has 0 aliphatic carbocycles. The van der Waals surface area contributed by atoms with Gasteiger partial charge in [-0.25, -0.2) is 4.79 Å². The average Bonchev–Trinajstić information content (AvgIpc) is 2.96. The third-order valence-corrected chi connectivity index (χ3v) is 3.28. The minimum absolute atomic E-state index is 0.0991. The molecule has 2 rings (SSSR count). The van der Waals surface area contributed by atoms with Crippen LogP contribution in [0.1, 0.15) is 44.0 Å².